The van der Waals surface area contributed by atoms with Gasteiger partial charge in [-0.2, -0.15) is 0 Å². The monoisotopic (exact) mass is 454 g/mol. The van der Waals surface area contributed by atoms with Gasteiger partial charge in [-0.15, -0.1) is 0 Å². The fraction of sp³-hybridized carbons (Fsp3) is 0.400. The first kappa shape index (κ1) is 24.2. The van der Waals surface area contributed by atoms with E-state index in [0.29, 0.717) is 30.3 Å². The smallest absolute Gasteiger partial charge is 0.325 e. The molecule has 0 radical (unpaired) electrons. The van der Waals surface area contributed by atoms with Crippen LogP contribution >= 0.6 is 0 Å². The highest BCUT2D eigenvalue weighted by atomic mass is 32.2. The van der Waals surface area contributed by atoms with Crippen LogP contribution in [0, 0.1) is 0 Å². The number of sulfonamides is 1. The summed E-state index contributed by atoms with van der Waals surface area (Å²) in [4.78, 5) is 24.2. The SMILES string of the molecule is CCOc1ccc(C(=O)NCC(=O)OCc2ccc(S(=O)(=O)N(C)C)o2)cc1OCC. The van der Waals surface area contributed by atoms with Crippen LogP contribution in [0.2, 0.25) is 0 Å². The van der Waals surface area contributed by atoms with Crippen molar-refractivity contribution in [1.29, 1.82) is 0 Å². The number of carbonyl (C=O) groups is 2. The summed E-state index contributed by atoms with van der Waals surface area (Å²) in [6.45, 7) is 3.87. The standard InChI is InChI=1S/C20H26N2O8S/c1-5-27-16-9-7-14(11-17(16)28-6-2)20(24)21-12-18(23)29-13-15-8-10-19(30-15)31(25,26)22(3)4/h7-11H,5-6,12-13H2,1-4H3,(H,21,24). The molecule has 0 unspecified atom stereocenters. The maximum absolute atomic E-state index is 12.3. The summed E-state index contributed by atoms with van der Waals surface area (Å²) in [5.41, 5.74) is 0.296. The van der Waals surface area contributed by atoms with Crippen molar-refractivity contribution in [3.05, 3.63) is 41.7 Å². The number of ether oxygens (including phenoxy) is 3. The molecule has 0 saturated heterocycles. The van der Waals surface area contributed by atoms with E-state index in [1.165, 1.54) is 32.3 Å². The van der Waals surface area contributed by atoms with Gasteiger partial charge in [-0.05, 0) is 44.2 Å². The number of carbonyl (C=O) groups excluding carboxylic acids is 2. The average Bonchev–Trinajstić information content (AvgIpc) is 3.22. The highest BCUT2D eigenvalue weighted by molar-refractivity contribution is 7.88. The van der Waals surface area contributed by atoms with E-state index >= 15 is 0 Å². The molecule has 0 aliphatic rings. The number of nitrogens with one attached hydrogen (secondary N) is 1. The van der Waals surface area contributed by atoms with Crippen LogP contribution in [0.1, 0.15) is 30.0 Å². The van der Waals surface area contributed by atoms with Gasteiger partial charge in [-0.1, -0.05) is 0 Å². The Hall–Kier alpha value is -3.05. The van der Waals surface area contributed by atoms with Gasteiger partial charge in [0.2, 0.25) is 5.09 Å². The van der Waals surface area contributed by atoms with Crippen LogP contribution in [-0.4, -0.2) is 58.5 Å². The molecule has 31 heavy (non-hydrogen) atoms. The van der Waals surface area contributed by atoms with Gasteiger partial charge in [0, 0.05) is 19.7 Å². The van der Waals surface area contributed by atoms with E-state index in [1.807, 2.05) is 13.8 Å². The molecule has 10 nitrogen and oxygen atoms in total. The van der Waals surface area contributed by atoms with Crippen LogP contribution in [0.5, 0.6) is 11.5 Å². The maximum Gasteiger partial charge on any atom is 0.325 e. The number of furan rings is 1. The number of esters is 1. The van der Waals surface area contributed by atoms with Crippen LogP contribution in [0.15, 0.2) is 39.8 Å². The van der Waals surface area contributed by atoms with Gasteiger partial charge >= 0.3 is 5.97 Å². The minimum atomic E-state index is -3.71. The molecule has 170 valence electrons. The maximum atomic E-state index is 12.3. The number of nitrogens with zero attached hydrogens (tertiary/aromatic N) is 1. The molecule has 0 aliphatic heterocycles. The van der Waals surface area contributed by atoms with E-state index in [9.17, 15) is 18.0 Å². The van der Waals surface area contributed by atoms with Gasteiger partial charge in [0.05, 0.1) is 13.2 Å². The second-order valence-electron chi connectivity index (χ2n) is 6.38. The highest BCUT2D eigenvalue weighted by Gasteiger charge is 2.22. The lowest BCUT2D eigenvalue weighted by molar-refractivity contribution is -0.144. The zero-order valence-electron chi connectivity index (χ0n) is 17.8. The van der Waals surface area contributed by atoms with Gasteiger partial charge in [0.15, 0.2) is 11.5 Å². The average molecular weight is 455 g/mol. The zero-order valence-corrected chi connectivity index (χ0v) is 18.7. The van der Waals surface area contributed by atoms with Crippen molar-refractivity contribution in [3.8, 4) is 11.5 Å². The summed E-state index contributed by atoms with van der Waals surface area (Å²) in [5.74, 6) is -0.0840. The number of hydrogen-bond donors (Lipinski definition) is 1. The van der Waals surface area contributed by atoms with Crippen molar-refractivity contribution in [2.75, 3.05) is 33.9 Å². The Morgan fingerprint density at radius 1 is 1.03 bits per heavy atom. The largest absolute Gasteiger partial charge is 0.490 e. The second-order valence-corrected chi connectivity index (χ2v) is 8.46. The lowest BCUT2D eigenvalue weighted by atomic mass is 10.2. The fourth-order valence-corrected chi connectivity index (χ4v) is 3.22. The lowest BCUT2D eigenvalue weighted by Gasteiger charge is -2.12. The summed E-state index contributed by atoms with van der Waals surface area (Å²) in [5, 5.41) is 2.20. The van der Waals surface area contributed by atoms with Crippen molar-refractivity contribution in [3.63, 3.8) is 0 Å². The zero-order chi connectivity index (χ0) is 23.0. The van der Waals surface area contributed by atoms with Gasteiger partial charge < -0.3 is 23.9 Å². The third-order valence-electron chi connectivity index (χ3n) is 3.95. The predicted octanol–water partition coefficient (Wildman–Crippen LogP) is 1.80. The minimum absolute atomic E-state index is 0.160. The molecular weight excluding hydrogens is 428 g/mol. The number of amides is 1. The third-order valence-corrected chi connectivity index (χ3v) is 5.64. The topological polar surface area (TPSA) is 124 Å². The Balaban J connectivity index is 1.89. The molecule has 0 spiro atoms. The molecule has 1 aromatic carbocycles. The van der Waals surface area contributed by atoms with Crippen LogP contribution in [0.3, 0.4) is 0 Å². The summed E-state index contributed by atoms with van der Waals surface area (Å²) in [6.07, 6.45) is 0. The molecule has 0 fully saturated rings. The number of hydrogen-bond acceptors (Lipinski definition) is 8. The number of benzene rings is 1. The molecular formula is C20H26N2O8S. The van der Waals surface area contributed by atoms with Gasteiger partial charge in [0.1, 0.15) is 18.9 Å². The van der Waals surface area contributed by atoms with E-state index in [2.05, 4.69) is 5.32 Å². The summed E-state index contributed by atoms with van der Waals surface area (Å²) < 4.78 is 46.1. The quantitative estimate of drug-likeness (QED) is 0.510. The number of rotatable bonds is 11. The van der Waals surface area contributed by atoms with Crippen molar-refractivity contribution in [2.45, 2.75) is 25.5 Å². The van der Waals surface area contributed by atoms with E-state index in [0.717, 1.165) is 4.31 Å². The molecule has 11 heteroatoms. The Morgan fingerprint density at radius 3 is 2.35 bits per heavy atom. The van der Waals surface area contributed by atoms with Gasteiger partial charge in [0.25, 0.3) is 15.9 Å². The lowest BCUT2D eigenvalue weighted by Crippen LogP contribution is -2.30. The molecule has 1 amide bonds. The molecule has 2 aromatic rings. The first-order chi connectivity index (χ1) is 14.7. The van der Waals surface area contributed by atoms with Crippen molar-refractivity contribution < 1.29 is 36.6 Å². The van der Waals surface area contributed by atoms with E-state index in [-0.39, 0.29) is 24.0 Å². The van der Waals surface area contributed by atoms with Crippen LogP contribution in [0.4, 0.5) is 0 Å². The predicted molar refractivity (Wildman–Crippen MR) is 110 cm³/mol. The molecule has 0 aliphatic carbocycles. The minimum Gasteiger partial charge on any atom is -0.490 e. The van der Waals surface area contributed by atoms with Gasteiger partial charge in [-0.3, -0.25) is 9.59 Å². The second kappa shape index (κ2) is 10.8. The van der Waals surface area contributed by atoms with E-state index < -0.39 is 21.9 Å². The Kier molecular flexibility index (Phi) is 8.46. The Morgan fingerprint density at radius 2 is 1.71 bits per heavy atom. The summed E-state index contributed by atoms with van der Waals surface area (Å²) in [7, 11) is -0.958. The van der Waals surface area contributed by atoms with Crippen LogP contribution < -0.4 is 14.8 Å². The van der Waals surface area contributed by atoms with E-state index in [1.54, 1.807) is 12.1 Å². The first-order valence-electron chi connectivity index (χ1n) is 9.53. The molecule has 0 atom stereocenters. The molecule has 1 aromatic heterocycles. The van der Waals surface area contributed by atoms with Crippen molar-refractivity contribution in [1.82, 2.24) is 9.62 Å². The van der Waals surface area contributed by atoms with Gasteiger partial charge in [-0.25, -0.2) is 12.7 Å². The molecule has 1 N–H and O–H groups in total. The molecule has 1 heterocycles. The van der Waals surface area contributed by atoms with Crippen molar-refractivity contribution >= 4 is 21.9 Å². The molecule has 0 bridgehead atoms. The van der Waals surface area contributed by atoms with Crippen molar-refractivity contribution in [2.24, 2.45) is 0 Å². The van der Waals surface area contributed by atoms with Crippen LogP contribution in [0.25, 0.3) is 0 Å². The Bertz CT molecular complexity index is 1010. The van der Waals surface area contributed by atoms with E-state index in [4.69, 9.17) is 18.6 Å². The highest BCUT2D eigenvalue weighted by Crippen LogP contribution is 2.28. The Labute approximate surface area is 181 Å². The van der Waals surface area contributed by atoms with Crippen LogP contribution in [-0.2, 0) is 26.2 Å². The summed E-state index contributed by atoms with van der Waals surface area (Å²) in [6, 6.07) is 7.39. The molecule has 0 saturated carbocycles. The first-order valence-corrected chi connectivity index (χ1v) is 11.0. The third kappa shape index (κ3) is 6.46. The fourth-order valence-electron chi connectivity index (χ4n) is 2.40. The molecule has 2 rings (SSSR count). The summed E-state index contributed by atoms with van der Waals surface area (Å²) >= 11 is 0. The normalized spacial score (nSPS) is 11.3.